The fourth-order valence-corrected chi connectivity index (χ4v) is 2.16. The number of amides is 2. The van der Waals surface area contributed by atoms with Crippen molar-refractivity contribution in [3.8, 4) is 0 Å². The van der Waals surface area contributed by atoms with Crippen LogP contribution in [0, 0.1) is 11.8 Å². The topological polar surface area (TPSA) is 145 Å². The molecule has 0 saturated heterocycles. The Labute approximate surface area is 147 Å². The van der Waals surface area contributed by atoms with Crippen LogP contribution in [0.5, 0.6) is 0 Å². The van der Waals surface area contributed by atoms with Crippen LogP contribution in [0.2, 0.25) is 0 Å². The van der Waals surface area contributed by atoms with E-state index in [0.29, 0.717) is 0 Å². The molecule has 0 saturated carbocycles. The number of nitrogens with two attached hydrogens (primary N) is 1. The lowest BCUT2D eigenvalue weighted by Crippen LogP contribution is -2.54. The molecule has 0 heterocycles. The number of primary amides is 1. The van der Waals surface area contributed by atoms with Gasteiger partial charge in [0.2, 0.25) is 11.8 Å². The maximum absolute atomic E-state index is 12.1. The van der Waals surface area contributed by atoms with E-state index < -0.39 is 48.2 Å². The number of aliphatic hydroxyl groups is 1. The molecule has 0 spiro atoms. The molecule has 0 aromatic rings. The first-order valence-corrected chi connectivity index (χ1v) is 8.23. The summed E-state index contributed by atoms with van der Waals surface area (Å²) in [4.78, 5) is 47.6. The fourth-order valence-electron chi connectivity index (χ4n) is 2.16. The number of carbonyl (C=O) groups is 4. The van der Waals surface area contributed by atoms with Gasteiger partial charge in [-0.25, -0.2) is 0 Å². The molecule has 25 heavy (non-hydrogen) atoms. The molecule has 0 aromatic heterocycles. The summed E-state index contributed by atoms with van der Waals surface area (Å²) in [5.74, 6) is -4.77. The third-order valence-electron chi connectivity index (χ3n) is 3.29. The minimum absolute atomic E-state index is 0.0214. The first-order chi connectivity index (χ1) is 11.6. The van der Waals surface area contributed by atoms with Gasteiger partial charge < -0.3 is 25.6 Å². The highest BCUT2D eigenvalue weighted by Crippen LogP contribution is 2.14. The van der Waals surface area contributed by atoms with Crippen molar-refractivity contribution >= 4 is 23.8 Å². The van der Waals surface area contributed by atoms with Gasteiger partial charge in [0, 0.05) is 0 Å². The zero-order chi connectivity index (χ0) is 19.6. The molecular formula is C16H28N2O7. The van der Waals surface area contributed by atoms with Gasteiger partial charge in [-0.2, -0.15) is 0 Å². The molecule has 0 aliphatic heterocycles. The van der Waals surface area contributed by atoms with Crippen LogP contribution in [0.25, 0.3) is 0 Å². The van der Waals surface area contributed by atoms with Gasteiger partial charge >= 0.3 is 11.9 Å². The van der Waals surface area contributed by atoms with Gasteiger partial charge in [0.1, 0.15) is 12.1 Å². The molecular weight excluding hydrogens is 332 g/mol. The summed E-state index contributed by atoms with van der Waals surface area (Å²) in [7, 11) is 0. The highest BCUT2D eigenvalue weighted by Gasteiger charge is 2.38. The summed E-state index contributed by atoms with van der Waals surface area (Å²) in [6.45, 7) is 6.88. The molecule has 144 valence electrons. The van der Waals surface area contributed by atoms with Gasteiger partial charge in [-0.1, -0.05) is 13.8 Å². The summed E-state index contributed by atoms with van der Waals surface area (Å²) >= 11 is 0. The molecule has 9 heteroatoms. The zero-order valence-electron chi connectivity index (χ0n) is 15.1. The Kier molecular flexibility index (Phi) is 10.4. The monoisotopic (exact) mass is 360 g/mol. The second-order valence-electron chi connectivity index (χ2n) is 5.90. The van der Waals surface area contributed by atoms with Crippen LogP contribution >= 0.6 is 0 Å². The quantitative estimate of drug-likeness (QED) is 0.421. The largest absolute Gasteiger partial charge is 0.466 e. The lowest BCUT2D eigenvalue weighted by Gasteiger charge is -2.25. The normalized spacial score (nSPS) is 14.3. The van der Waals surface area contributed by atoms with Gasteiger partial charge in [-0.15, -0.1) is 0 Å². The molecule has 0 aromatic carbocycles. The van der Waals surface area contributed by atoms with E-state index in [9.17, 15) is 24.3 Å². The minimum atomic E-state index is -1.50. The lowest BCUT2D eigenvalue weighted by molar-refractivity contribution is -0.157. The average molecular weight is 360 g/mol. The van der Waals surface area contributed by atoms with Crippen molar-refractivity contribution in [3.05, 3.63) is 0 Å². The van der Waals surface area contributed by atoms with Crippen LogP contribution < -0.4 is 11.1 Å². The zero-order valence-corrected chi connectivity index (χ0v) is 15.1. The van der Waals surface area contributed by atoms with Crippen LogP contribution in [0.1, 0.15) is 40.5 Å². The Morgan fingerprint density at radius 2 is 1.64 bits per heavy atom. The van der Waals surface area contributed by atoms with Gasteiger partial charge in [0.05, 0.1) is 25.6 Å². The van der Waals surface area contributed by atoms with Crippen molar-refractivity contribution in [1.29, 1.82) is 0 Å². The molecule has 0 fully saturated rings. The summed E-state index contributed by atoms with van der Waals surface area (Å²) in [6.07, 6.45) is -1.69. The Morgan fingerprint density at radius 1 is 1.08 bits per heavy atom. The number of ether oxygens (including phenoxy) is 2. The van der Waals surface area contributed by atoms with Crippen molar-refractivity contribution in [2.45, 2.75) is 52.7 Å². The Hall–Kier alpha value is -2.16. The van der Waals surface area contributed by atoms with Crippen LogP contribution in [0.4, 0.5) is 0 Å². The first kappa shape index (κ1) is 22.8. The maximum atomic E-state index is 12.1. The number of aliphatic hydroxyl groups excluding tert-OH is 1. The van der Waals surface area contributed by atoms with E-state index in [1.54, 1.807) is 13.8 Å². The van der Waals surface area contributed by atoms with E-state index >= 15 is 0 Å². The molecule has 0 unspecified atom stereocenters. The minimum Gasteiger partial charge on any atom is -0.466 e. The van der Waals surface area contributed by atoms with E-state index in [1.807, 2.05) is 13.8 Å². The van der Waals surface area contributed by atoms with Crippen molar-refractivity contribution in [2.75, 3.05) is 13.2 Å². The predicted molar refractivity (Wildman–Crippen MR) is 88.0 cm³/mol. The van der Waals surface area contributed by atoms with Gasteiger partial charge in [-0.3, -0.25) is 19.2 Å². The molecule has 0 aliphatic rings. The summed E-state index contributed by atoms with van der Waals surface area (Å²) < 4.78 is 9.63. The molecule has 4 N–H and O–H groups in total. The van der Waals surface area contributed by atoms with Crippen molar-refractivity contribution in [1.82, 2.24) is 5.32 Å². The van der Waals surface area contributed by atoms with Crippen LogP contribution in [-0.2, 0) is 28.7 Å². The standard InChI is InChI=1S/C16H28N2O7/c1-5-24-12(20)8-10(16(23)25-6-2)13(14(17)21)18-15(22)11(19)7-9(3)4/h9-11,13,19H,5-8H2,1-4H3,(H2,17,21)(H,18,22)/t10-,11-,13+/m1/s1. The summed E-state index contributed by atoms with van der Waals surface area (Å²) in [5, 5.41) is 12.1. The third kappa shape index (κ3) is 8.48. The van der Waals surface area contributed by atoms with E-state index in [2.05, 4.69) is 5.32 Å². The van der Waals surface area contributed by atoms with Gasteiger partial charge in [0.15, 0.2) is 0 Å². The second kappa shape index (κ2) is 11.4. The molecule has 0 radical (unpaired) electrons. The van der Waals surface area contributed by atoms with Crippen LogP contribution in [-0.4, -0.2) is 54.2 Å². The number of carbonyl (C=O) groups excluding carboxylic acids is 4. The highest BCUT2D eigenvalue weighted by atomic mass is 16.5. The fraction of sp³-hybridized carbons (Fsp3) is 0.750. The Balaban J connectivity index is 5.32. The molecule has 9 nitrogen and oxygen atoms in total. The predicted octanol–water partition coefficient (Wildman–Crippen LogP) is -0.504. The van der Waals surface area contributed by atoms with E-state index in [-0.39, 0.29) is 25.6 Å². The third-order valence-corrected chi connectivity index (χ3v) is 3.29. The van der Waals surface area contributed by atoms with Crippen molar-refractivity contribution in [2.24, 2.45) is 17.6 Å². The molecule has 2 amide bonds. The van der Waals surface area contributed by atoms with Crippen molar-refractivity contribution < 1.29 is 33.8 Å². The van der Waals surface area contributed by atoms with Gasteiger partial charge in [0.25, 0.3) is 0 Å². The highest BCUT2D eigenvalue weighted by molar-refractivity contribution is 5.93. The average Bonchev–Trinajstić information content (AvgIpc) is 2.49. The summed E-state index contributed by atoms with van der Waals surface area (Å²) in [5.41, 5.74) is 5.28. The van der Waals surface area contributed by atoms with Crippen LogP contribution in [0.3, 0.4) is 0 Å². The lowest BCUT2D eigenvalue weighted by atomic mass is 9.94. The van der Waals surface area contributed by atoms with Crippen molar-refractivity contribution in [3.63, 3.8) is 0 Å². The number of esters is 2. The Morgan fingerprint density at radius 3 is 2.08 bits per heavy atom. The summed E-state index contributed by atoms with van der Waals surface area (Å²) in [6, 6.07) is -1.50. The molecule has 0 bridgehead atoms. The first-order valence-electron chi connectivity index (χ1n) is 8.23. The number of rotatable bonds is 11. The van der Waals surface area contributed by atoms with E-state index in [1.165, 1.54) is 0 Å². The molecule has 0 aliphatic carbocycles. The smallest absolute Gasteiger partial charge is 0.312 e. The van der Waals surface area contributed by atoms with Crippen LogP contribution in [0.15, 0.2) is 0 Å². The van der Waals surface area contributed by atoms with E-state index in [0.717, 1.165) is 0 Å². The number of nitrogens with one attached hydrogen (secondary N) is 1. The maximum Gasteiger partial charge on any atom is 0.312 e. The number of hydrogen-bond donors (Lipinski definition) is 3. The molecule has 3 atom stereocenters. The SMILES string of the molecule is CCOC(=O)C[C@@H](C(=O)OCC)[C@H](NC(=O)[C@H](O)CC(C)C)C(N)=O. The molecule has 0 rings (SSSR count). The Bertz CT molecular complexity index is 479. The second-order valence-corrected chi connectivity index (χ2v) is 5.90. The van der Waals surface area contributed by atoms with E-state index in [4.69, 9.17) is 15.2 Å². The number of hydrogen-bond acceptors (Lipinski definition) is 7. The van der Waals surface area contributed by atoms with Gasteiger partial charge in [-0.05, 0) is 26.2 Å².